The maximum Gasteiger partial charge on any atom is 0.241 e. The van der Waals surface area contributed by atoms with Gasteiger partial charge in [0.1, 0.15) is 0 Å². The predicted molar refractivity (Wildman–Crippen MR) is 105 cm³/mol. The summed E-state index contributed by atoms with van der Waals surface area (Å²) in [4.78, 5) is 12.3. The van der Waals surface area contributed by atoms with Gasteiger partial charge in [-0.2, -0.15) is 0 Å². The third-order valence-corrected chi connectivity index (χ3v) is 6.19. The third-order valence-electron chi connectivity index (χ3n) is 4.79. The van der Waals surface area contributed by atoms with Crippen molar-refractivity contribution in [2.75, 3.05) is 20.8 Å². The van der Waals surface area contributed by atoms with E-state index in [0.717, 1.165) is 24.8 Å². The van der Waals surface area contributed by atoms with E-state index in [-0.39, 0.29) is 23.4 Å². The number of methoxy groups -OCH3 is 2. The molecule has 8 heteroatoms. The van der Waals surface area contributed by atoms with Crippen LogP contribution in [0.1, 0.15) is 30.0 Å². The molecule has 2 aromatic rings. The first-order valence-electron chi connectivity index (χ1n) is 9.03. The van der Waals surface area contributed by atoms with E-state index in [9.17, 15) is 13.2 Å². The lowest BCUT2D eigenvalue weighted by molar-refractivity contribution is -0.120. The molecule has 1 atom stereocenters. The van der Waals surface area contributed by atoms with Gasteiger partial charge in [-0.3, -0.25) is 4.79 Å². The largest absolute Gasteiger partial charge is 0.493 e. The molecule has 2 N–H and O–H groups in total. The van der Waals surface area contributed by atoms with Gasteiger partial charge in [-0.1, -0.05) is 24.3 Å². The Bertz CT molecular complexity index is 959. The van der Waals surface area contributed by atoms with Crippen LogP contribution in [0.15, 0.2) is 47.4 Å². The van der Waals surface area contributed by atoms with Crippen LogP contribution >= 0.6 is 0 Å². The number of amides is 1. The number of hydrogen-bond donors (Lipinski definition) is 2. The van der Waals surface area contributed by atoms with Crippen molar-refractivity contribution in [2.45, 2.75) is 30.2 Å². The molecule has 0 aliphatic heterocycles. The lowest BCUT2D eigenvalue weighted by Gasteiger charge is -2.26. The van der Waals surface area contributed by atoms with Crippen molar-refractivity contribution in [3.05, 3.63) is 53.6 Å². The maximum atomic E-state index is 12.5. The first-order chi connectivity index (χ1) is 13.4. The zero-order chi connectivity index (χ0) is 20.1. The molecule has 1 aliphatic carbocycles. The minimum atomic E-state index is -3.86. The highest BCUT2D eigenvalue weighted by Crippen LogP contribution is 2.30. The van der Waals surface area contributed by atoms with E-state index in [1.54, 1.807) is 0 Å². The van der Waals surface area contributed by atoms with Crippen LogP contribution in [0.4, 0.5) is 0 Å². The number of ether oxygens (including phenoxy) is 2. The normalized spacial score (nSPS) is 16.1. The Morgan fingerprint density at radius 2 is 1.86 bits per heavy atom. The zero-order valence-electron chi connectivity index (χ0n) is 15.9. The Balaban J connectivity index is 1.64. The van der Waals surface area contributed by atoms with E-state index in [1.165, 1.54) is 38.0 Å². The smallest absolute Gasteiger partial charge is 0.241 e. The highest BCUT2D eigenvalue weighted by atomic mass is 32.2. The van der Waals surface area contributed by atoms with Crippen LogP contribution in [0, 0.1) is 0 Å². The van der Waals surface area contributed by atoms with Gasteiger partial charge in [-0.15, -0.1) is 0 Å². The minimum Gasteiger partial charge on any atom is -0.493 e. The Hall–Kier alpha value is -2.58. The quantitative estimate of drug-likeness (QED) is 0.738. The van der Waals surface area contributed by atoms with Crippen molar-refractivity contribution in [3.8, 4) is 11.5 Å². The number of nitrogens with one attached hydrogen (secondary N) is 2. The summed E-state index contributed by atoms with van der Waals surface area (Å²) < 4.78 is 37.6. The van der Waals surface area contributed by atoms with Gasteiger partial charge in [-0.05, 0) is 42.5 Å². The number of rotatable bonds is 7. The second-order valence-electron chi connectivity index (χ2n) is 6.55. The SMILES string of the molecule is COc1ccc(S(=O)(=O)NCC(=O)N[C@@H]2CCCc3ccccc32)cc1OC. The van der Waals surface area contributed by atoms with Gasteiger partial charge in [0.2, 0.25) is 15.9 Å². The monoisotopic (exact) mass is 404 g/mol. The van der Waals surface area contributed by atoms with Gasteiger partial charge in [0, 0.05) is 6.07 Å². The van der Waals surface area contributed by atoms with Crippen LogP contribution in [0.2, 0.25) is 0 Å². The van der Waals surface area contributed by atoms with Crippen LogP contribution in [-0.2, 0) is 21.2 Å². The van der Waals surface area contributed by atoms with Gasteiger partial charge in [0.25, 0.3) is 0 Å². The summed E-state index contributed by atoms with van der Waals surface area (Å²) in [7, 11) is -0.963. The molecule has 0 bridgehead atoms. The minimum absolute atomic E-state index is 0.000891. The van der Waals surface area contributed by atoms with Crippen LogP contribution < -0.4 is 19.5 Å². The summed E-state index contributed by atoms with van der Waals surface area (Å²) in [6.45, 7) is -0.338. The molecule has 3 rings (SSSR count). The zero-order valence-corrected chi connectivity index (χ0v) is 16.7. The first kappa shape index (κ1) is 20.2. The summed E-state index contributed by atoms with van der Waals surface area (Å²) >= 11 is 0. The summed E-state index contributed by atoms with van der Waals surface area (Å²) in [5, 5.41) is 2.93. The maximum absolute atomic E-state index is 12.5. The van der Waals surface area contributed by atoms with Crippen LogP contribution in [0.25, 0.3) is 0 Å². The highest BCUT2D eigenvalue weighted by molar-refractivity contribution is 7.89. The Morgan fingerprint density at radius 1 is 1.11 bits per heavy atom. The van der Waals surface area contributed by atoms with Gasteiger partial charge < -0.3 is 14.8 Å². The molecule has 1 amide bonds. The molecule has 2 aromatic carbocycles. The van der Waals surface area contributed by atoms with Gasteiger partial charge >= 0.3 is 0 Å². The average Bonchev–Trinajstić information content (AvgIpc) is 2.72. The Labute approximate surface area is 165 Å². The molecule has 0 saturated carbocycles. The molecule has 1 aliphatic rings. The first-order valence-corrected chi connectivity index (χ1v) is 10.5. The molecular formula is C20H24N2O5S. The summed E-state index contributed by atoms with van der Waals surface area (Å²) in [5.74, 6) is 0.356. The number of hydrogen-bond acceptors (Lipinski definition) is 5. The number of fused-ring (bicyclic) bond motifs is 1. The topological polar surface area (TPSA) is 93.7 Å². The van der Waals surface area contributed by atoms with E-state index in [2.05, 4.69) is 16.1 Å². The third kappa shape index (κ3) is 4.45. The Kier molecular flexibility index (Phi) is 6.21. The van der Waals surface area contributed by atoms with E-state index < -0.39 is 10.0 Å². The van der Waals surface area contributed by atoms with Crippen molar-refractivity contribution in [1.29, 1.82) is 0 Å². The van der Waals surface area contributed by atoms with Crippen molar-refractivity contribution < 1.29 is 22.7 Å². The fourth-order valence-electron chi connectivity index (χ4n) is 3.38. The molecule has 7 nitrogen and oxygen atoms in total. The van der Waals surface area contributed by atoms with E-state index in [1.807, 2.05) is 18.2 Å². The van der Waals surface area contributed by atoms with Crippen LogP contribution in [0.5, 0.6) is 11.5 Å². The number of carbonyl (C=O) groups is 1. The second-order valence-corrected chi connectivity index (χ2v) is 8.32. The van der Waals surface area contributed by atoms with E-state index in [4.69, 9.17) is 9.47 Å². The summed E-state index contributed by atoms with van der Waals surface area (Å²) in [6.07, 6.45) is 2.82. The molecule has 150 valence electrons. The van der Waals surface area contributed by atoms with Gasteiger partial charge in [-0.25, -0.2) is 13.1 Å². The molecular weight excluding hydrogens is 380 g/mol. The fourth-order valence-corrected chi connectivity index (χ4v) is 4.37. The number of aryl methyl sites for hydroxylation is 1. The van der Waals surface area contributed by atoms with E-state index in [0.29, 0.717) is 11.5 Å². The average molecular weight is 404 g/mol. The lowest BCUT2D eigenvalue weighted by Crippen LogP contribution is -2.39. The predicted octanol–water partition coefficient (Wildman–Crippen LogP) is 2.18. The highest BCUT2D eigenvalue weighted by Gasteiger charge is 2.23. The standard InChI is InChI=1S/C20H24N2O5S/c1-26-18-11-10-15(12-19(18)27-2)28(24,25)21-13-20(23)22-17-9-5-7-14-6-3-4-8-16(14)17/h3-4,6,8,10-12,17,21H,5,7,9,13H2,1-2H3,(H,22,23)/t17-/m1/s1. The molecule has 0 unspecified atom stereocenters. The summed E-state index contributed by atoms with van der Waals surface area (Å²) in [5.41, 5.74) is 2.33. The van der Waals surface area contributed by atoms with Crippen molar-refractivity contribution in [2.24, 2.45) is 0 Å². The number of sulfonamides is 1. The number of carbonyl (C=O) groups excluding carboxylic acids is 1. The Morgan fingerprint density at radius 3 is 2.61 bits per heavy atom. The van der Waals surface area contributed by atoms with Crippen LogP contribution in [-0.4, -0.2) is 35.1 Å². The molecule has 0 radical (unpaired) electrons. The molecule has 0 heterocycles. The fraction of sp³-hybridized carbons (Fsp3) is 0.350. The van der Waals surface area contributed by atoms with Crippen molar-refractivity contribution in [1.82, 2.24) is 10.0 Å². The van der Waals surface area contributed by atoms with E-state index >= 15 is 0 Å². The summed E-state index contributed by atoms with van der Waals surface area (Å²) in [6, 6.07) is 12.2. The van der Waals surface area contributed by atoms with Gasteiger partial charge in [0.15, 0.2) is 11.5 Å². The molecule has 0 spiro atoms. The lowest BCUT2D eigenvalue weighted by atomic mass is 9.88. The molecule has 0 aromatic heterocycles. The van der Waals surface area contributed by atoms with Gasteiger partial charge in [0.05, 0.1) is 31.7 Å². The second kappa shape index (κ2) is 8.62. The molecule has 0 saturated heterocycles. The molecule has 28 heavy (non-hydrogen) atoms. The molecule has 0 fully saturated rings. The van der Waals surface area contributed by atoms with Crippen molar-refractivity contribution in [3.63, 3.8) is 0 Å². The number of benzene rings is 2. The van der Waals surface area contributed by atoms with Crippen LogP contribution in [0.3, 0.4) is 0 Å². The van der Waals surface area contributed by atoms with Crippen molar-refractivity contribution >= 4 is 15.9 Å².